The van der Waals surface area contributed by atoms with Crippen LogP contribution in [0.2, 0.25) is 0 Å². The van der Waals surface area contributed by atoms with E-state index in [0.717, 1.165) is 0 Å². The number of rotatable bonds is 1. The summed E-state index contributed by atoms with van der Waals surface area (Å²) in [6.07, 6.45) is 2.13. The van der Waals surface area contributed by atoms with Crippen molar-refractivity contribution in [1.29, 1.82) is 0 Å². The first-order chi connectivity index (χ1) is 3.66. The van der Waals surface area contributed by atoms with Gasteiger partial charge in [0.05, 0.1) is 6.42 Å². The monoisotopic (exact) mass is 112 g/mol. The van der Waals surface area contributed by atoms with Gasteiger partial charge in [-0.05, 0) is 13.0 Å². The summed E-state index contributed by atoms with van der Waals surface area (Å²) >= 11 is 0. The van der Waals surface area contributed by atoms with Crippen LogP contribution in [0.15, 0.2) is 12.7 Å². The molecule has 1 saturated heterocycles. The largest absolute Gasteiger partial charge is 0.454 e. The summed E-state index contributed by atoms with van der Waals surface area (Å²) < 4.78 is 4.72. The molecule has 0 saturated carbocycles. The van der Waals surface area contributed by atoms with E-state index in [2.05, 4.69) is 6.58 Å². The van der Waals surface area contributed by atoms with E-state index in [9.17, 15) is 4.79 Å². The number of carbonyl (C=O) groups excluding carboxylic acids is 1. The third kappa shape index (κ3) is 0.619. The van der Waals surface area contributed by atoms with E-state index >= 15 is 0 Å². The Hall–Kier alpha value is -0.790. The summed E-state index contributed by atoms with van der Waals surface area (Å²) in [7, 11) is 0. The summed E-state index contributed by atoms with van der Waals surface area (Å²) in [6, 6.07) is 0. The third-order valence-corrected chi connectivity index (χ3v) is 1.27. The van der Waals surface area contributed by atoms with Crippen LogP contribution in [0.5, 0.6) is 0 Å². The predicted molar refractivity (Wildman–Crippen MR) is 29.3 cm³/mol. The Morgan fingerprint density at radius 3 is 2.62 bits per heavy atom. The molecule has 0 aromatic heterocycles. The van der Waals surface area contributed by atoms with Gasteiger partial charge in [0.2, 0.25) is 0 Å². The second-order valence-corrected chi connectivity index (χ2v) is 2.17. The van der Waals surface area contributed by atoms with Crippen LogP contribution >= 0.6 is 0 Å². The van der Waals surface area contributed by atoms with Gasteiger partial charge in [0.15, 0.2) is 0 Å². The normalized spacial score (nSPS) is 35.4. The van der Waals surface area contributed by atoms with Gasteiger partial charge in [-0.15, -0.1) is 0 Å². The minimum absolute atomic E-state index is 0.132. The Kier molecular flexibility index (Phi) is 0.897. The summed E-state index contributed by atoms with van der Waals surface area (Å²) in [5.74, 6) is -0.132. The van der Waals surface area contributed by atoms with Crippen molar-refractivity contribution < 1.29 is 9.53 Å². The van der Waals surface area contributed by atoms with Crippen molar-refractivity contribution in [1.82, 2.24) is 0 Å². The Bertz CT molecular complexity index is 129. The minimum atomic E-state index is -0.350. The number of hydrogen-bond acceptors (Lipinski definition) is 2. The highest BCUT2D eigenvalue weighted by Crippen LogP contribution is 2.27. The average molecular weight is 112 g/mol. The molecule has 0 radical (unpaired) electrons. The summed E-state index contributed by atoms with van der Waals surface area (Å²) in [5.41, 5.74) is -0.350. The lowest BCUT2D eigenvalue weighted by Gasteiger charge is -2.33. The highest BCUT2D eigenvalue weighted by atomic mass is 16.6. The number of ether oxygens (including phenoxy) is 1. The standard InChI is InChI=1S/C6H8O2/c1-3-6(2)4-5(7)8-6/h3H,1,4H2,2H3. The van der Waals surface area contributed by atoms with Crippen LogP contribution in [-0.2, 0) is 9.53 Å². The lowest BCUT2D eigenvalue weighted by atomic mass is 9.97. The van der Waals surface area contributed by atoms with Crippen LogP contribution in [0.1, 0.15) is 13.3 Å². The molecule has 0 aromatic rings. The Labute approximate surface area is 48.1 Å². The lowest BCUT2D eigenvalue weighted by Crippen LogP contribution is -2.42. The van der Waals surface area contributed by atoms with Crippen molar-refractivity contribution in [3.63, 3.8) is 0 Å². The van der Waals surface area contributed by atoms with Crippen molar-refractivity contribution >= 4 is 5.97 Å². The molecule has 1 aliphatic rings. The fourth-order valence-electron chi connectivity index (χ4n) is 0.652. The summed E-state index contributed by atoms with van der Waals surface area (Å²) in [6.45, 7) is 5.35. The smallest absolute Gasteiger partial charge is 0.311 e. The Balaban J connectivity index is 2.52. The van der Waals surface area contributed by atoms with E-state index < -0.39 is 0 Å². The zero-order chi connectivity index (χ0) is 6.20. The first kappa shape index (κ1) is 5.35. The molecule has 0 spiro atoms. The van der Waals surface area contributed by atoms with Crippen LogP contribution in [-0.4, -0.2) is 11.6 Å². The number of hydrogen-bond donors (Lipinski definition) is 0. The molecule has 0 aromatic carbocycles. The summed E-state index contributed by atoms with van der Waals surface area (Å²) in [4.78, 5) is 10.2. The van der Waals surface area contributed by atoms with E-state index in [0.29, 0.717) is 6.42 Å². The van der Waals surface area contributed by atoms with E-state index in [-0.39, 0.29) is 11.6 Å². The number of esters is 1. The molecule has 8 heavy (non-hydrogen) atoms. The maximum absolute atomic E-state index is 10.2. The molecule has 0 bridgehead atoms. The van der Waals surface area contributed by atoms with E-state index in [1.807, 2.05) is 6.92 Å². The first-order valence-corrected chi connectivity index (χ1v) is 2.52. The minimum Gasteiger partial charge on any atom is -0.454 e. The van der Waals surface area contributed by atoms with Crippen LogP contribution < -0.4 is 0 Å². The molecule has 0 N–H and O–H groups in total. The fourth-order valence-corrected chi connectivity index (χ4v) is 0.652. The van der Waals surface area contributed by atoms with Gasteiger partial charge >= 0.3 is 5.97 Å². The Morgan fingerprint density at radius 1 is 2.00 bits per heavy atom. The average Bonchev–Trinajstić information content (AvgIpc) is 1.63. The SMILES string of the molecule is C=CC1(C)CC(=O)O1. The molecule has 1 unspecified atom stereocenters. The quantitative estimate of drug-likeness (QED) is 0.371. The van der Waals surface area contributed by atoms with Gasteiger partial charge in [-0.3, -0.25) is 4.79 Å². The highest BCUT2D eigenvalue weighted by molar-refractivity contribution is 5.77. The highest BCUT2D eigenvalue weighted by Gasteiger charge is 2.38. The number of carbonyl (C=O) groups is 1. The predicted octanol–water partition coefficient (Wildman–Crippen LogP) is 0.878. The van der Waals surface area contributed by atoms with Gasteiger partial charge in [0.25, 0.3) is 0 Å². The van der Waals surface area contributed by atoms with Gasteiger partial charge in [-0.25, -0.2) is 0 Å². The van der Waals surface area contributed by atoms with E-state index in [1.165, 1.54) is 0 Å². The third-order valence-electron chi connectivity index (χ3n) is 1.27. The molecular formula is C6H8O2. The second kappa shape index (κ2) is 1.34. The second-order valence-electron chi connectivity index (χ2n) is 2.17. The summed E-state index contributed by atoms with van der Waals surface area (Å²) in [5, 5.41) is 0. The molecule has 0 aliphatic carbocycles. The molecule has 2 nitrogen and oxygen atoms in total. The first-order valence-electron chi connectivity index (χ1n) is 2.52. The van der Waals surface area contributed by atoms with E-state index in [4.69, 9.17) is 4.74 Å². The van der Waals surface area contributed by atoms with Gasteiger partial charge in [-0.1, -0.05) is 6.58 Å². The molecular weight excluding hydrogens is 104 g/mol. The Morgan fingerprint density at radius 2 is 2.50 bits per heavy atom. The molecule has 1 atom stereocenters. The fraction of sp³-hybridized carbons (Fsp3) is 0.500. The van der Waals surface area contributed by atoms with Crippen molar-refractivity contribution in [3.8, 4) is 0 Å². The zero-order valence-electron chi connectivity index (χ0n) is 4.81. The molecule has 1 aliphatic heterocycles. The van der Waals surface area contributed by atoms with Crippen LogP contribution in [0.25, 0.3) is 0 Å². The maximum atomic E-state index is 10.2. The molecule has 0 amide bonds. The molecule has 1 heterocycles. The van der Waals surface area contributed by atoms with Crippen molar-refractivity contribution in [2.75, 3.05) is 0 Å². The maximum Gasteiger partial charge on any atom is 0.311 e. The lowest BCUT2D eigenvalue weighted by molar-refractivity contribution is -0.179. The van der Waals surface area contributed by atoms with Crippen molar-refractivity contribution in [2.24, 2.45) is 0 Å². The van der Waals surface area contributed by atoms with Gasteiger partial charge in [-0.2, -0.15) is 0 Å². The number of cyclic esters (lactones) is 1. The zero-order valence-corrected chi connectivity index (χ0v) is 4.81. The molecule has 2 heteroatoms. The van der Waals surface area contributed by atoms with E-state index in [1.54, 1.807) is 6.08 Å². The van der Waals surface area contributed by atoms with Crippen molar-refractivity contribution in [2.45, 2.75) is 18.9 Å². The van der Waals surface area contributed by atoms with Gasteiger partial charge in [0, 0.05) is 0 Å². The van der Waals surface area contributed by atoms with Crippen LogP contribution in [0, 0.1) is 0 Å². The van der Waals surface area contributed by atoms with Gasteiger partial charge < -0.3 is 4.74 Å². The van der Waals surface area contributed by atoms with Crippen molar-refractivity contribution in [3.05, 3.63) is 12.7 Å². The molecule has 1 rings (SSSR count). The molecule has 1 fully saturated rings. The van der Waals surface area contributed by atoms with Crippen LogP contribution in [0.3, 0.4) is 0 Å². The topological polar surface area (TPSA) is 26.3 Å². The van der Waals surface area contributed by atoms with Gasteiger partial charge in [0.1, 0.15) is 5.60 Å². The molecule has 44 valence electrons. The van der Waals surface area contributed by atoms with Crippen LogP contribution in [0.4, 0.5) is 0 Å².